The molecule has 0 aromatic carbocycles. The van der Waals surface area contributed by atoms with E-state index in [0.717, 1.165) is 13.8 Å². The Hall–Kier alpha value is -1.87. The molecule has 12 heteroatoms. The predicted octanol–water partition coefficient (Wildman–Crippen LogP) is -0.442. The Bertz CT molecular complexity index is 385. The molecule has 0 fully saturated rings. The summed E-state index contributed by atoms with van der Waals surface area (Å²) in [6.07, 6.45) is -9.82. The van der Waals surface area contributed by atoms with Crippen molar-refractivity contribution in [1.82, 2.24) is 0 Å². The molecule has 5 nitrogen and oxygen atoms in total. The van der Waals surface area contributed by atoms with Gasteiger partial charge in [0.1, 0.15) is 0 Å². The third kappa shape index (κ3) is 16.2. The maximum Gasteiger partial charge on any atom is 2.00 e. The maximum absolute atomic E-state index is 11.3. The number of hydrogen-bond acceptors (Lipinski definition) is 4. The number of rotatable bonds is 2. The van der Waals surface area contributed by atoms with Crippen molar-refractivity contribution < 1.29 is 51.6 Å². The summed E-state index contributed by atoms with van der Waals surface area (Å²) >= 11 is 0. The third-order valence-electron chi connectivity index (χ3n) is 1.23. The molecular formula is C10H10BeF6O5. The van der Waals surface area contributed by atoms with Crippen LogP contribution in [0.25, 0.3) is 0 Å². The molecule has 0 atom stereocenters. The molecule has 0 aliphatic heterocycles. The van der Waals surface area contributed by atoms with Crippen LogP contribution in [0.5, 0.6) is 0 Å². The summed E-state index contributed by atoms with van der Waals surface area (Å²) in [5, 5.41) is 19.7. The molecule has 0 bridgehead atoms. The van der Waals surface area contributed by atoms with Gasteiger partial charge in [0.15, 0.2) is 11.6 Å². The van der Waals surface area contributed by atoms with Crippen molar-refractivity contribution in [2.24, 2.45) is 0 Å². The molecule has 0 rings (SSSR count). The smallest absolute Gasteiger partial charge is 0.869 e. The molecule has 0 radical (unpaired) electrons. The molecule has 0 saturated heterocycles. The molecule has 0 aromatic heterocycles. The van der Waals surface area contributed by atoms with Crippen LogP contribution >= 0.6 is 0 Å². The summed E-state index contributed by atoms with van der Waals surface area (Å²) in [5.41, 5.74) is 0. The number of carbonyl (C=O) groups is 2. The Labute approximate surface area is 124 Å². The molecule has 2 N–H and O–H groups in total. The monoisotopic (exact) mass is 333 g/mol. The van der Waals surface area contributed by atoms with E-state index in [4.69, 9.17) is 0 Å². The van der Waals surface area contributed by atoms with Crippen LogP contribution in [0.3, 0.4) is 0 Å². The van der Waals surface area contributed by atoms with E-state index < -0.39 is 35.4 Å². The van der Waals surface area contributed by atoms with Crippen molar-refractivity contribution in [2.75, 3.05) is 0 Å². The molecule has 124 valence electrons. The van der Waals surface area contributed by atoms with Crippen molar-refractivity contribution >= 4 is 21.7 Å². The van der Waals surface area contributed by atoms with E-state index in [-0.39, 0.29) is 27.7 Å². The van der Waals surface area contributed by atoms with Crippen molar-refractivity contribution in [3.05, 3.63) is 23.7 Å². The maximum atomic E-state index is 11.3. The van der Waals surface area contributed by atoms with Crippen molar-refractivity contribution in [1.29, 1.82) is 0 Å². The minimum atomic E-state index is -4.92. The quantitative estimate of drug-likeness (QED) is 0.295. The van der Waals surface area contributed by atoms with Gasteiger partial charge in [0.2, 0.25) is 0 Å². The summed E-state index contributed by atoms with van der Waals surface area (Å²) in [7, 11) is 0. The Balaban J connectivity index is -0.000000135. The second-order valence-electron chi connectivity index (χ2n) is 3.23. The van der Waals surface area contributed by atoms with Gasteiger partial charge in [-0.2, -0.15) is 26.3 Å². The Morgan fingerprint density at radius 2 is 0.955 bits per heavy atom. The molecule has 22 heavy (non-hydrogen) atoms. The normalized spacial score (nSPS) is 12.2. The first-order valence-corrected chi connectivity index (χ1v) is 4.61. The second kappa shape index (κ2) is 10.8. The molecule has 0 aliphatic carbocycles. The molecule has 0 spiro atoms. The fraction of sp³-hybridized carbons (Fsp3) is 0.400. The predicted molar refractivity (Wildman–Crippen MR) is 59.0 cm³/mol. The summed E-state index contributed by atoms with van der Waals surface area (Å²) in [4.78, 5) is 19.8. The van der Waals surface area contributed by atoms with E-state index >= 15 is 0 Å². The molecule has 0 aromatic rings. The third-order valence-corrected chi connectivity index (χ3v) is 1.23. The van der Waals surface area contributed by atoms with Gasteiger partial charge in [0, 0.05) is 0 Å². The van der Waals surface area contributed by atoms with E-state index in [1.165, 1.54) is 0 Å². The van der Waals surface area contributed by atoms with Gasteiger partial charge in [0.25, 0.3) is 0 Å². The standard InChI is InChI=1S/2C5H5F3O2.Be.H2O/c2*1-3(9)2-4(10)5(6,7)8;;/h2*2,10H,1H3;;1H2/q;;+2;/p-2/b2*4-2+;;. The molecule has 0 heterocycles. The number of ketones is 2. The molecule has 0 amide bonds. The van der Waals surface area contributed by atoms with E-state index in [1.54, 1.807) is 0 Å². The van der Waals surface area contributed by atoms with Crippen molar-refractivity contribution in [3.8, 4) is 0 Å². The van der Waals surface area contributed by atoms with Crippen molar-refractivity contribution in [2.45, 2.75) is 26.2 Å². The topological polar surface area (TPSA) is 112 Å². The molecule has 0 aliphatic rings. The largest absolute Gasteiger partial charge is 2.00 e. The van der Waals surface area contributed by atoms with Crippen LogP contribution in [-0.4, -0.2) is 39.5 Å². The zero-order valence-corrected chi connectivity index (χ0v) is 11.3. The van der Waals surface area contributed by atoms with Gasteiger partial charge in [0.05, 0.1) is 0 Å². The molecular weight excluding hydrogens is 323 g/mol. The van der Waals surface area contributed by atoms with Gasteiger partial charge in [-0.15, -0.1) is 0 Å². The average Bonchev–Trinajstić information content (AvgIpc) is 2.13. The van der Waals surface area contributed by atoms with Crippen LogP contribution in [-0.2, 0) is 9.59 Å². The van der Waals surface area contributed by atoms with Crippen LogP contribution in [0.2, 0.25) is 0 Å². The first-order chi connectivity index (χ1) is 8.67. The van der Waals surface area contributed by atoms with Crippen LogP contribution < -0.4 is 10.2 Å². The Morgan fingerprint density at radius 3 is 1.00 bits per heavy atom. The van der Waals surface area contributed by atoms with Gasteiger partial charge in [-0.1, -0.05) is 0 Å². The first-order valence-electron chi connectivity index (χ1n) is 4.61. The van der Waals surface area contributed by atoms with Gasteiger partial charge in [-0.25, -0.2) is 0 Å². The fourth-order valence-electron chi connectivity index (χ4n) is 0.533. The number of allylic oxidation sites excluding steroid dienone is 4. The number of carbonyl (C=O) groups excluding carboxylic acids is 2. The van der Waals surface area contributed by atoms with E-state index in [9.17, 15) is 46.1 Å². The molecule has 0 unspecified atom stereocenters. The summed E-state index contributed by atoms with van der Waals surface area (Å²) in [6, 6.07) is 0. The van der Waals surface area contributed by atoms with Crippen LogP contribution in [0.15, 0.2) is 23.7 Å². The van der Waals surface area contributed by atoms with Gasteiger partial charge >= 0.3 is 22.5 Å². The Kier molecular flexibility index (Phi) is 13.9. The minimum absolute atomic E-state index is 0. The van der Waals surface area contributed by atoms with Crippen molar-refractivity contribution in [3.63, 3.8) is 0 Å². The SMILES string of the molecule is CC(=O)/C=C(/[O-])C(F)(F)F.CC(=O)/C=C(/[O-])C(F)(F)F.O.[Be+2]. The number of alkyl halides is 6. The van der Waals surface area contributed by atoms with Crippen LogP contribution in [0, 0.1) is 0 Å². The summed E-state index contributed by atoms with van der Waals surface area (Å²) < 4.78 is 67.7. The molecule has 0 saturated carbocycles. The second-order valence-corrected chi connectivity index (χ2v) is 3.23. The zero-order chi connectivity index (χ0) is 16.7. The van der Waals surface area contributed by atoms with E-state index in [2.05, 4.69) is 0 Å². The fourth-order valence-corrected chi connectivity index (χ4v) is 0.533. The van der Waals surface area contributed by atoms with Gasteiger partial charge in [-0.3, -0.25) is 9.59 Å². The average molecular weight is 333 g/mol. The van der Waals surface area contributed by atoms with E-state index in [0.29, 0.717) is 0 Å². The summed E-state index contributed by atoms with van der Waals surface area (Å²) in [5.74, 6) is -6.02. The van der Waals surface area contributed by atoms with Gasteiger partial charge in [-0.05, 0) is 37.5 Å². The van der Waals surface area contributed by atoms with Gasteiger partial charge < -0.3 is 15.7 Å². The number of halogens is 6. The number of hydrogen-bond donors (Lipinski definition) is 0. The van der Waals surface area contributed by atoms with E-state index in [1.807, 2.05) is 0 Å². The summed E-state index contributed by atoms with van der Waals surface area (Å²) in [6.45, 7) is 1.76. The Morgan fingerprint density at radius 1 is 0.773 bits per heavy atom. The first kappa shape index (κ1) is 28.3. The minimum Gasteiger partial charge on any atom is -0.869 e. The van der Waals surface area contributed by atoms with Crippen LogP contribution in [0.1, 0.15) is 13.8 Å². The zero-order valence-electron chi connectivity index (χ0n) is 11.3. The van der Waals surface area contributed by atoms with Crippen LogP contribution in [0.4, 0.5) is 26.3 Å².